The van der Waals surface area contributed by atoms with Crippen LogP contribution in [0.5, 0.6) is 0 Å². The van der Waals surface area contributed by atoms with E-state index in [0.29, 0.717) is 11.7 Å². The van der Waals surface area contributed by atoms with Crippen LogP contribution < -0.4 is 9.62 Å². The van der Waals surface area contributed by atoms with Crippen LogP contribution in [0.4, 0.5) is 24.5 Å². The van der Waals surface area contributed by atoms with Crippen LogP contribution in [0.2, 0.25) is 0 Å². The van der Waals surface area contributed by atoms with Crippen molar-refractivity contribution >= 4 is 33.8 Å². The Bertz CT molecular complexity index is 1430. The van der Waals surface area contributed by atoms with E-state index in [4.69, 9.17) is 0 Å². The van der Waals surface area contributed by atoms with Crippen molar-refractivity contribution in [1.29, 1.82) is 0 Å². The van der Waals surface area contributed by atoms with Crippen LogP contribution in [0.15, 0.2) is 77.7 Å². The molecule has 1 N–H and O–H groups in total. The lowest BCUT2D eigenvalue weighted by molar-refractivity contribution is -0.137. The maximum absolute atomic E-state index is 12.9. The SMILES string of the molecule is CCCN(CCN1CCN(c2ccccc2)CC1)C1CCc2ccc(NS(=O)(=O)c3ccc(C(F)(F)F)cc3)cc2C1.Cl. The van der Waals surface area contributed by atoms with Gasteiger partial charge in [0.2, 0.25) is 0 Å². The quantitative estimate of drug-likeness (QED) is 0.282. The average molecular weight is 637 g/mol. The van der Waals surface area contributed by atoms with Crippen LogP contribution in [-0.4, -0.2) is 70.1 Å². The van der Waals surface area contributed by atoms with Gasteiger partial charge in [-0.3, -0.25) is 14.5 Å². The number of halogens is 4. The molecule has 3 aromatic carbocycles. The van der Waals surface area contributed by atoms with E-state index < -0.39 is 21.8 Å². The number of hydrogen-bond donors (Lipinski definition) is 1. The molecule has 0 spiro atoms. The molecular formula is C32H40ClF3N4O2S. The first-order valence-corrected chi connectivity index (χ1v) is 16.2. The monoisotopic (exact) mass is 636 g/mol. The van der Waals surface area contributed by atoms with Crippen LogP contribution in [0.3, 0.4) is 0 Å². The van der Waals surface area contributed by atoms with Gasteiger partial charge in [0.05, 0.1) is 10.5 Å². The fourth-order valence-electron chi connectivity index (χ4n) is 6.05. The lowest BCUT2D eigenvalue weighted by Gasteiger charge is -2.39. The summed E-state index contributed by atoms with van der Waals surface area (Å²) in [6.07, 6.45) is -0.619. The number of sulfonamides is 1. The number of para-hydroxylation sites is 1. The van der Waals surface area contributed by atoms with Gasteiger partial charge in [0, 0.05) is 56.7 Å². The lowest BCUT2D eigenvalue weighted by atomic mass is 9.87. The fraction of sp³-hybridized carbons (Fsp3) is 0.438. The predicted molar refractivity (Wildman–Crippen MR) is 169 cm³/mol. The summed E-state index contributed by atoms with van der Waals surface area (Å²) in [5.41, 5.74) is 3.17. The number of nitrogens with one attached hydrogen (secondary N) is 1. The topological polar surface area (TPSA) is 55.9 Å². The Morgan fingerprint density at radius 2 is 1.60 bits per heavy atom. The van der Waals surface area contributed by atoms with Crippen molar-refractivity contribution in [2.45, 2.75) is 49.7 Å². The number of anilines is 2. The number of hydrogen-bond acceptors (Lipinski definition) is 5. The minimum atomic E-state index is -4.52. The molecule has 1 unspecified atom stereocenters. The Kier molecular flexibility index (Phi) is 11.0. The molecule has 5 rings (SSSR count). The molecule has 0 bridgehead atoms. The van der Waals surface area contributed by atoms with Gasteiger partial charge in [0.25, 0.3) is 10.0 Å². The highest BCUT2D eigenvalue weighted by atomic mass is 35.5. The smallest absolute Gasteiger partial charge is 0.369 e. The molecule has 6 nitrogen and oxygen atoms in total. The minimum absolute atomic E-state index is 0. The van der Waals surface area contributed by atoms with Crippen LogP contribution in [0.25, 0.3) is 0 Å². The Morgan fingerprint density at radius 3 is 2.26 bits per heavy atom. The van der Waals surface area contributed by atoms with Gasteiger partial charge in [-0.2, -0.15) is 13.2 Å². The number of alkyl halides is 3. The van der Waals surface area contributed by atoms with Crippen molar-refractivity contribution in [3.63, 3.8) is 0 Å². The van der Waals surface area contributed by atoms with E-state index in [1.165, 1.54) is 11.3 Å². The van der Waals surface area contributed by atoms with Crippen molar-refractivity contribution < 1.29 is 21.6 Å². The van der Waals surface area contributed by atoms with Gasteiger partial charge in [-0.1, -0.05) is 31.2 Å². The second-order valence-electron chi connectivity index (χ2n) is 11.2. The molecule has 1 fully saturated rings. The zero-order chi connectivity index (χ0) is 29.7. The van der Waals surface area contributed by atoms with Gasteiger partial charge in [0.15, 0.2) is 0 Å². The summed E-state index contributed by atoms with van der Waals surface area (Å²) in [6, 6.07) is 20.1. The van der Waals surface area contributed by atoms with Crippen molar-refractivity contribution in [1.82, 2.24) is 9.80 Å². The van der Waals surface area contributed by atoms with Gasteiger partial charge in [-0.05, 0) is 91.9 Å². The Hall–Kier alpha value is -2.79. The first kappa shape index (κ1) is 33.1. The van der Waals surface area contributed by atoms with E-state index in [9.17, 15) is 21.6 Å². The average Bonchev–Trinajstić information content (AvgIpc) is 2.99. The Labute approximate surface area is 259 Å². The molecule has 0 amide bonds. The van der Waals surface area contributed by atoms with Gasteiger partial charge in [0.1, 0.15) is 0 Å². The zero-order valence-electron chi connectivity index (χ0n) is 24.4. The van der Waals surface area contributed by atoms with Crippen LogP contribution in [-0.2, 0) is 29.0 Å². The fourth-order valence-corrected chi connectivity index (χ4v) is 7.10. The van der Waals surface area contributed by atoms with Crippen LogP contribution >= 0.6 is 12.4 Å². The highest BCUT2D eigenvalue weighted by molar-refractivity contribution is 7.92. The van der Waals surface area contributed by atoms with Crippen molar-refractivity contribution in [2.75, 3.05) is 55.4 Å². The summed E-state index contributed by atoms with van der Waals surface area (Å²) in [7, 11) is -4.02. The number of rotatable bonds is 10. The van der Waals surface area contributed by atoms with Crippen LogP contribution in [0.1, 0.15) is 36.5 Å². The lowest BCUT2D eigenvalue weighted by Crippen LogP contribution is -2.50. The molecule has 3 aromatic rings. The van der Waals surface area contributed by atoms with Crippen molar-refractivity contribution in [3.05, 3.63) is 89.5 Å². The maximum Gasteiger partial charge on any atom is 0.416 e. The van der Waals surface area contributed by atoms with Crippen molar-refractivity contribution in [2.24, 2.45) is 0 Å². The highest BCUT2D eigenvalue weighted by Gasteiger charge is 2.31. The molecule has 0 radical (unpaired) electrons. The molecule has 0 saturated carbocycles. The molecule has 2 aliphatic rings. The van der Waals surface area contributed by atoms with E-state index >= 15 is 0 Å². The van der Waals surface area contributed by atoms with E-state index in [1.807, 2.05) is 18.2 Å². The summed E-state index contributed by atoms with van der Waals surface area (Å²) < 4.78 is 67.1. The number of aryl methyl sites for hydroxylation is 1. The van der Waals surface area contributed by atoms with E-state index in [1.54, 1.807) is 6.07 Å². The predicted octanol–water partition coefficient (Wildman–Crippen LogP) is 6.32. The van der Waals surface area contributed by atoms with E-state index in [0.717, 1.165) is 101 Å². The third-order valence-electron chi connectivity index (χ3n) is 8.38. The molecule has 1 atom stereocenters. The third kappa shape index (κ3) is 8.44. The molecule has 1 saturated heterocycles. The third-order valence-corrected chi connectivity index (χ3v) is 9.77. The molecule has 234 valence electrons. The summed E-state index contributed by atoms with van der Waals surface area (Å²) in [5.74, 6) is 0. The minimum Gasteiger partial charge on any atom is -0.369 e. The van der Waals surface area contributed by atoms with Gasteiger partial charge in [-0.25, -0.2) is 8.42 Å². The van der Waals surface area contributed by atoms with Crippen molar-refractivity contribution in [3.8, 4) is 0 Å². The normalized spacial score (nSPS) is 17.8. The second-order valence-corrected chi connectivity index (χ2v) is 12.9. The largest absolute Gasteiger partial charge is 0.416 e. The molecule has 1 heterocycles. The maximum atomic E-state index is 12.9. The number of fused-ring (bicyclic) bond motifs is 1. The highest BCUT2D eigenvalue weighted by Crippen LogP contribution is 2.31. The first-order chi connectivity index (χ1) is 20.1. The van der Waals surface area contributed by atoms with Crippen LogP contribution in [0, 0.1) is 0 Å². The van der Waals surface area contributed by atoms with E-state index in [-0.39, 0.29) is 17.3 Å². The standard InChI is InChI=1S/C32H39F3N4O2S.ClH/c1-2-16-38(20-17-37-18-21-39(22-19-37)29-6-4-3-5-7-29)30-13-9-25-8-12-28(23-26(25)24-30)36-42(40,41)31-14-10-27(11-15-31)32(33,34)35;/h3-8,10-12,14-15,23,30,36H,2,9,13,16-22,24H2,1H3;1H. The Morgan fingerprint density at radius 1 is 0.907 bits per heavy atom. The molecule has 11 heteroatoms. The van der Waals surface area contributed by atoms with E-state index in [2.05, 4.69) is 50.6 Å². The number of piperazine rings is 1. The molecular weight excluding hydrogens is 597 g/mol. The number of benzene rings is 3. The first-order valence-electron chi connectivity index (χ1n) is 14.7. The molecule has 1 aliphatic heterocycles. The second kappa shape index (κ2) is 14.3. The number of nitrogens with zero attached hydrogens (tertiary/aromatic N) is 3. The van der Waals surface area contributed by atoms with Gasteiger partial charge in [-0.15, -0.1) is 12.4 Å². The van der Waals surface area contributed by atoms with Gasteiger partial charge >= 0.3 is 6.18 Å². The summed E-state index contributed by atoms with van der Waals surface area (Å²) in [4.78, 5) is 7.38. The molecule has 1 aliphatic carbocycles. The van der Waals surface area contributed by atoms with Gasteiger partial charge < -0.3 is 4.90 Å². The summed E-state index contributed by atoms with van der Waals surface area (Å²) in [5, 5.41) is 0. The Balaban J connectivity index is 0.00000423. The zero-order valence-corrected chi connectivity index (χ0v) is 26.0. The molecule has 0 aromatic heterocycles. The summed E-state index contributed by atoms with van der Waals surface area (Å²) >= 11 is 0. The molecule has 43 heavy (non-hydrogen) atoms. The summed E-state index contributed by atoms with van der Waals surface area (Å²) in [6.45, 7) is 9.40.